The monoisotopic (exact) mass is 569 g/mol. The number of carbonyl (C=O) groups excluding carboxylic acids is 3. The lowest BCUT2D eigenvalue weighted by Crippen LogP contribution is -2.48. The van der Waals surface area contributed by atoms with Crippen LogP contribution in [0, 0.1) is 12.3 Å². The van der Waals surface area contributed by atoms with Crippen LogP contribution in [0.15, 0.2) is 97.1 Å². The highest BCUT2D eigenvalue weighted by Crippen LogP contribution is 2.62. The second kappa shape index (κ2) is 10.1. The molecule has 4 aromatic rings. The molecular formula is C37H31NO5. The molecule has 0 radical (unpaired) electrons. The summed E-state index contributed by atoms with van der Waals surface area (Å²) in [5, 5.41) is 0. The van der Waals surface area contributed by atoms with Crippen molar-refractivity contribution in [2.75, 3.05) is 18.6 Å². The first-order chi connectivity index (χ1) is 20.9. The Kier molecular flexibility index (Phi) is 6.31. The van der Waals surface area contributed by atoms with Crippen molar-refractivity contribution in [2.45, 2.75) is 31.8 Å². The largest absolute Gasteiger partial charge is 0.497 e. The fourth-order valence-electron chi connectivity index (χ4n) is 7.41. The van der Waals surface area contributed by atoms with Crippen molar-refractivity contribution < 1.29 is 23.9 Å². The molecule has 0 unspecified atom stereocenters. The van der Waals surface area contributed by atoms with Crippen LogP contribution < -0.4 is 14.4 Å². The topological polar surface area (TPSA) is 72.9 Å². The zero-order valence-corrected chi connectivity index (χ0v) is 24.2. The maximum atomic E-state index is 14.9. The minimum absolute atomic E-state index is 0.199. The fraction of sp³-hybridized carbons (Fsp3) is 0.216. The average molecular weight is 570 g/mol. The summed E-state index contributed by atoms with van der Waals surface area (Å²) in [4.78, 5) is 46.7. The van der Waals surface area contributed by atoms with Crippen molar-refractivity contribution in [3.8, 4) is 11.5 Å². The predicted octanol–water partition coefficient (Wildman–Crippen LogP) is 6.72. The number of para-hydroxylation sites is 1. The molecule has 0 bridgehead atoms. The summed E-state index contributed by atoms with van der Waals surface area (Å²) >= 11 is 0. The van der Waals surface area contributed by atoms with Crippen LogP contribution in [0.4, 0.5) is 5.69 Å². The Hall–Kier alpha value is -4.97. The number of fused-ring (bicyclic) bond motifs is 5. The van der Waals surface area contributed by atoms with E-state index in [1.165, 1.54) is 0 Å². The molecule has 3 atom stereocenters. The Morgan fingerprint density at radius 3 is 2.33 bits per heavy atom. The van der Waals surface area contributed by atoms with Crippen LogP contribution >= 0.6 is 0 Å². The first-order valence-corrected chi connectivity index (χ1v) is 14.6. The summed E-state index contributed by atoms with van der Waals surface area (Å²) in [6.45, 7) is 4.31. The highest BCUT2D eigenvalue weighted by molar-refractivity contribution is 6.32. The van der Waals surface area contributed by atoms with Gasteiger partial charge < -0.3 is 14.4 Å². The number of hydrogen-bond acceptors (Lipinski definition) is 6. The number of rotatable bonds is 6. The number of benzene rings is 4. The lowest BCUT2D eigenvalue weighted by atomic mass is 9.64. The van der Waals surface area contributed by atoms with Crippen LogP contribution in [0.25, 0.3) is 6.08 Å². The van der Waals surface area contributed by atoms with Gasteiger partial charge in [-0.2, -0.15) is 0 Å². The minimum atomic E-state index is -1.59. The Bertz CT molecular complexity index is 1800. The van der Waals surface area contributed by atoms with E-state index >= 15 is 0 Å². The normalized spacial score (nSPS) is 21.0. The van der Waals surface area contributed by atoms with Gasteiger partial charge in [-0.15, -0.1) is 0 Å². The molecule has 0 aromatic heterocycles. The Morgan fingerprint density at radius 1 is 0.884 bits per heavy atom. The van der Waals surface area contributed by atoms with E-state index < -0.39 is 23.4 Å². The number of anilines is 1. The van der Waals surface area contributed by atoms with E-state index in [2.05, 4.69) is 6.07 Å². The van der Waals surface area contributed by atoms with E-state index in [4.69, 9.17) is 9.47 Å². The van der Waals surface area contributed by atoms with E-state index in [1.54, 1.807) is 55.6 Å². The van der Waals surface area contributed by atoms with Gasteiger partial charge in [-0.25, -0.2) is 0 Å². The lowest BCUT2D eigenvalue weighted by molar-refractivity contribution is 0.0664. The van der Waals surface area contributed by atoms with Crippen molar-refractivity contribution in [3.63, 3.8) is 0 Å². The SMILES string of the molecule is CCOc1ccccc1[C@H]1[C@H](C(=O)c2cccc(OC)c2)N2c3ccc(C)cc3C=C[C@@H]2C12C(=O)c1ccccc1C2=O. The number of carbonyl (C=O) groups is 3. The Balaban J connectivity index is 1.56. The Morgan fingerprint density at radius 2 is 1.60 bits per heavy atom. The number of aryl methyl sites for hydroxylation is 1. The van der Waals surface area contributed by atoms with Gasteiger partial charge in [0.25, 0.3) is 0 Å². The lowest BCUT2D eigenvalue weighted by Gasteiger charge is -2.37. The zero-order valence-electron chi connectivity index (χ0n) is 24.2. The number of ketones is 3. The molecule has 1 aliphatic carbocycles. The molecular weight excluding hydrogens is 538 g/mol. The molecule has 214 valence electrons. The summed E-state index contributed by atoms with van der Waals surface area (Å²) in [5.41, 5.74) is 3.12. The first-order valence-electron chi connectivity index (χ1n) is 14.6. The molecule has 0 saturated carbocycles. The van der Waals surface area contributed by atoms with Gasteiger partial charge in [0, 0.05) is 33.9 Å². The summed E-state index contributed by atoms with van der Waals surface area (Å²) in [5.74, 6) is -0.460. The molecule has 0 N–H and O–H groups in total. The summed E-state index contributed by atoms with van der Waals surface area (Å²) in [6, 6.07) is 26.0. The van der Waals surface area contributed by atoms with Gasteiger partial charge in [-0.1, -0.05) is 78.4 Å². The van der Waals surface area contributed by atoms with Crippen molar-refractivity contribution in [1.82, 2.24) is 0 Å². The van der Waals surface area contributed by atoms with E-state index in [0.717, 1.165) is 16.8 Å². The van der Waals surface area contributed by atoms with Gasteiger partial charge in [-0.3, -0.25) is 14.4 Å². The van der Waals surface area contributed by atoms with Crippen LogP contribution in [0.2, 0.25) is 0 Å². The van der Waals surface area contributed by atoms with Crippen LogP contribution in [0.1, 0.15) is 60.6 Å². The summed E-state index contributed by atoms with van der Waals surface area (Å²) in [6.07, 6.45) is 3.93. The minimum Gasteiger partial charge on any atom is -0.497 e. The first kappa shape index (κ1) is 26.9. The molecule has 2 heterocycles. The van der Waals surface area contributed by atoms with Crippen LogP contribution in [0.5, 0.6) is 11.5 Å². The van der Waals surface area contributed by atoms with Crippen molar-refractivity contribution in [2.24, 2.45) is 5.41 Å². The fourth-order valence-corrected chi connectivity index (χ4v) is 7.41. The standard InChI is InChI=1S/C37H31NO5/c1-4-43-30-15-8-7-14-28(30)32-33(34(39)24-10-9-11-25(21-24)42-3)38-29-18-16-22(2)20-23(29)17-19-31(38)37(32)35(40)26-12-5-6-13-27(26)36(37)41/h5-21,31-33H,4H2,1-3H3/t31-,32+,33-/m1/s1. The number of ether oxygens (including phenoxy) is 2. The molecule has 6 heteroatoms. The second-order valence-corrected chi connectivity index (χ2v) is 11.3. The number of hydrogen-bond donors (Lipinski definition) is 0. The third-order valence-electron chi connectivity index (χ3n) is 9.14. The molecule has 7 rings (SSSR count). The Labute approximate surface area is 250 Å². The van der Waals surface area contributed by atoms with Gasteiger partial charge in [0.05, 0.1) is 19.8 Å². The molecule has 4 aromatic carbocycles. The van der Waals surface area contributed by atoms with Gasteiger partial charge in [0.1, 0.15) is 23.0 Å². The van der Waals surface area contributed by atoms with E-state index in [1.807, 2.05) is 67.3 Å². The molecule has 1 fully saturated rings. The van der Waals surface area contributed by atoms with Crippen molar-refractivity contribution >= 4 is 29.1 Å². The third-order valence-corrected chi connectivity index (χ3v) is 9.14. The van der Waals surface area contributed by atoms with Gasteiger partial charge in [0.2, 0.25) is 0 Å². The van der Waals surface area contributed by atoms with Gasteiger partial charge >= 0.3 is 0 Å². The molecule has 2 aliphatic heterocycles. The smallest absolute Gasteiger partial charge is 0.186 e. The van der Waals surface area contributed by atoms with Crippen LogP contribution in [0.3, 0.4) is 0 Å². The zero-order chi connectivity index (χ0) is 29.9. The maximum absolute atomic E-state index is 14.9. The molecule has 43 heavy (non-hydrogen) atoms. The van der Waals surface area contributed by atoms with Gasteiger partial charge in [-0.05, 0) is 49.7 Å². The molecule has 1 saturated heterocycles. The quantitative estimate of drug-likeness (QED) is 0.190. The van der Waals surface area contributed by atoms with E-state index in [9.17, 15) is 14.4 Å². The van der Waals surface area contributed by atoms with Crippen molar-refractivity contribution in [3.05, 3.63) is 130 Å². The van der Waals surface area contributed by atoms with E-state index in [0.29, 0.717) is 40.4 Å². The highest BCUT2D eigenvalue weighted by Gasteiger charge is 2.72. The molecule has 3 aliphatic rings. The predicted molar refractivity (Wildman–Crippen MR) is 165 cm³/mol. The molecule has 1 spiro atoms. The second-order valence-electron chi connectivity index (χ2n) is 11.3. The maximum Gasteiger partial charge on any atom is 0.186 e. The summed E-state index contributed by atoms with van der Waals surface area (Å²) in [7, 11) is 1.56. The summed E-state index contributed by atoms with van der Waals surface area (Å²) < 4.78 is 11.6. The third kappa shape index (κ3) is 3.75. The average Bonchev–Trinajstić information content (AvgIpc) is 3.47. The van der Waals surface area contributed by atoms with Crippen molar-refractivity contribution in [1.29, 1.82) is 0 Å². The number of nitrogens with zero attached hydrogens (tertiary/aromatic N) is 1. The highest BCUT2D eigenvalue weighted by atomic mass is 16.5. The van der Waals surface area contributed by atoms with E-state index in [-0.39, 0.29) is 17.3 Å². The van der Waals surface area contributed by atoms with Gasteiger partial charge in [0.15, 0.2) is 17.3 Å². The number of Topliss-reactive ketones (excluding diaryl/α,β-unsaturated/α-hetero) is 3. The molecule has 6 nitrogen and oxygen atoms in total. The molecule has 0 amide bonds. The van der Waals surface area contributed by atoms with Crippen LogP contribution in [-0.4, -0.2) is 43.2 Å². The van der Waals surface area contributed by atoms with Crippen LogP contribution in [-0.2, 0) is 0 Å². The number of methoxy groups -OCH3 is 1.